The minimum atomic E-state index is 0.515. The highest BCUT2D eigenvalue weighted by Gasteiger charge is 2.25. The number of nitrogens with one attached hydrogen (secondary N) is 1. The quantitative estimate of drug-likeness (QED) is 0.886. The fraction of sp³-hybridized carbons (Fsp3) is 0.786. The Kier molecular flexibility index (Phi) is 4.62. The molecule has 0 aromatic carbocycles. The van der Waals surface area contributed by atoms with Gasteiger partial charge < -0.3 is 10.2 Å². The molecule has 1 unspecified atom stereocenters. The van der Waals surface area contributed by atoms with Crippen molar-refractivity contribution in [1.29, 1.82) is 0 Å². The number of hydrogen-bond donors (Lipinski definition) is 1. The van der Waals surface area contributed by atoms with Gasteiger partial charge in [-0.25, -0.2) is 4.98 Å². The second kappa shape index (κ2) is 6.02. The Morgan fingerprint density at radius 1 is 1.50 bits per heavy atom. The summed E-state index contributed by atoms with van der Waals surface area (Å²) in [6, 6.07) is 0.656. The van der Waals surface area contributed by atoms with E-state index in [1.807, 2.05) is 11.3 Å². The fourth-order valence-electron chi connectivity index (χ4n) is 2.51. The van der Waals surface area contributed by atoms with Crippen molar-refractivity contribution >= 4 is 16.5 Å². The molecule has 0 spiro atoms. The van der Waals surface area contributed by atoms with Crippen LogP contribution in [0.25, 0.3) is 0 Å². The topological polar surface area (TPSA) is 28.2 Å². The lowest BCUT2D eigenvalue weighted by atomic mass is 10.1. The molecule has 0 amide bonds. The van der Waals surface area contributed by atoms with Gasteiger partial charge in [0.1, 0.15) is 0 Å². The molecular formula is C14H25N3S. The minimum Gasteiger partial charge on any atom is -0.345 e. The Hall–Kier alpha value is -0.610. The largest absolute Gasteiger partial charge is 0.345 e. The Bertz CT molecular complexity index is 386. The van der Waals surface area contributed by atoms with Crippen LogP contribution in [0.15, 0.2) is 0 Å². The van der Waals surface area contributed by atoms with Crippen LogP contribution in [0.1, 0.15) is 57.0 Å². The third-order valence-electron chi connectivity index (χ3n) is 3.60. The summed E-state index contributed by atoms with van der Waals surface area (Å²) in [6.45, 7) is 12.1. The van der Waals surface area contributed by atoms with Gasteiger partial charge in [0.05, 0.1) is 5.69 Å². The highest BCUT2D eigenvalue weighted by molar-refractivity contribution is 7.15. The van der Waals surface area contributed by atoms with E-state index in [9.17, 15) is 0 Å². The van der Waals surface area contributed by atoms with Crippen LogP contribution in [0, 0.1) is 0 Å². The second-order valence-corrected chi connectivity index (χ2v) is 6.49. The minimum absolute atomic E-state index is 0.515. The van der Waals surface area contributed by atoms with E-state index in [0.717, 1.165) is 13.1 Å². The number of hydrogen-bond acceptors (Lipinski definition) is 4. The molecular weight excluding hydrogens is 242 g/mol. The molecule has 1 aliphatic rings. The fourth-order valence-corrected chi connectivity index (χ4v) is 3.82. The van der Waals surface area contributed by atoms with Gasteiger partial charge in [-0.1, -0.05) is 20.8 Å². The average Bonchev–Trinajstić information content (AvgIpc) is 2.92. The van der Waals surface area contributed by atoms with E-state index in [1.54, 1.807) is 0 Å². The molecule has 0 radical (unpaired) electrons. The van der Waals surface area contributed by atoms with Gasteiger partial charge in [-0.15, -0.1) is 11.3 Å². The number of thiazole rings is 1. The summed E-state index contributed by atoms with van der Waals surface area (Å²) in [5.41, 5.74) is 1.29. The predicted molar refractivity (Wildman–Crippen MR) is 79.6 cm³/mol. The van der Waals surface area contributed by atoms with Crippen molar-refractivity contribution in [3.63, 3.8) is 0 Å². The molecule has 4 heteroatoms. The maximum absolute atomic E-state index is 4.90. The summed E-state index contributed by atoms with van der Waals surface area (Å²) in [5.74, 6) is 0.515. The van der Waals surface area contributed by atoms with Crippen molar-refractivity contribution in [3.05, 3.63) is 10.6 Å². The van der Waals surface area contributed by atoms with Crippen LogP contribution in [0.3, 0.4) is 0 Å². The third kappa shape index (κ3) is 2.86. The molecule has 1 fully saturated rings. The molecule has 0 saturated carbocycles. The first-order valence-corrected chi connectivity index (χ1v) is 7.92. The average molecular weight is 267 g/mol. The van der Waals surface area contributed by atoms with Gasteiger partial charge in [-0.3, -0.25) is 0 Å². The van der Waals surface area contributed by atoms with E-state index in [-0.39, 0.29) is 0 Å². The Morgan fingerprint density at radius 2 is 2.28 bits per heavy atom. The molecule has 18 heavy (non-hydrogen) atoms. The molecule has 0 aliphatic carbocycles. The van der Waals surface area contributed by atoms with Gasteiger partial charge in [0.2, 0.25) is 0 Å². The first kappa shape index (κ1) is 13.8. The highest BCUT2D eigenvalue weighted by Crippen LogP contribution is 2.34. The Balaban J connectivity index is 2.21. The summed E-state index contributed by atoms with van der Waals surface area (Å²) in [7, 11) is 0. The number of aromatic nitrogens is 1. The van der Waals surface area contributed by atoms with Crippen molar-refractivity contribution in [2.75, 3.05) is 18.0 Å². The smallest absolute Gasteiger partial charge is 0.186 e. The number of anilines is 1. The van der Waals surface area contributed by atoms with Gasteiger partial charge in [0.15, 0.2) is 5.13 Å². The van der Waals surface area contributed by atoms with E-state index in [1.165, 1.54) is 35.1 Å². The zero-order chi connectivity index (χ0) is 13.1. The second-order valence-electron chi connectivity index (χ2n) is 5.42. The zero-order valence-electron chi connectivity index (χ0n) is 12.0. The molecule has 1 atom stereocenters. The number of rotatable bonds is 5. The van der Waals surface area contributed by atoms with Crippen LogP contribution < -0.4 is 10.2 Å². The maximum atomic E-state index is 4.90. The lowest BCUT2D eigenvalue weighted by Crippen LogP contribution is -2.26. The summed E-state index contributed by atoms with van der Waals surface area (Å²) >= 11 is 1.88. The predicted octanol–water partition coefficient (Wildman–Crippen LogP) is 3.36. The van der Waals surface area contributed by atoms with Crippen LogP contribution in [0.4, 0.5) is 5.13 Å². The monoisotopic (exact) mass is 267 g/mol. The summed E-state index contributed by atoms with van der Waals surface area (Å²) < 4.78 is 0. The highest BCUT2D eigenvalue weighted by atomic mass is 32.1. The summed E-state index contributed by atoms with van der Waals surface area (Å²) in [6.07, 6.45) is 2.61. The molecule has 102 valence electrons. The molecule has 1 aromatic rings. The Labute approximate surface area is 115 Å². The molecule has 1 aromatic heterocycles. The lowest BCUT2D eigenvalue weighted by molar-refractivity contribution is 0.710. The van der Waals surface area contributed by atoms with Crippen molar-refractivity contribution in [2.24, 2.45) is 0 Å². The molecule has 0 bridgehead atoms. The molecule has 1 saturated heterocycles. The van der Waals surface area contributed by atoms with Gasteiger partial charge in [0, 0.05) is 24.0 Å². The van der Waals surface area contributed by atoms with Crippen LogP contribution >= 0.6 is 11.3 Å². The first-order chi connectivity index (χ1) is 8.63. The third-order valence-corrected chi connectivity index (χ3v) is 4.71. The van der Waals surface area contributed by atoms with Crippen LogP contribution in [0.5, 0.6) is 0 Å². The normalized spacial score (nSPS) is 20.1. The molecule has 2 rings (SSSR count). The van der Waals surface area contributed by atoms with E-state index in [2.05, 4.69) is 37.9 Å². The lowest BCUT2D eigenvalue weighted by Gasteiger charge is -2.19. The summed E-state index contributed by atoms with van der Waals surface area (Å²) in [4.78, 5) is 8.80. The first-order valence-electron chi connectivity index (χ1n) is 7.10. The molecule has 1 aliphatic heterocycles. The van der Waals surface area contributed by atoms with Crippen LogP contribution in [0.2, 0.25) is 0 Å². The van der Waals surface area contributed by atoms with Crippen molar-refractivity contribution in [2.45, 2.75) is 59.0 Å². The number of nitrogens with zero attached hydrogens (tertiary/aromatic N) is 2. The van der Waals surface area contributed by atoms with Crippen molar-refractivity contribution in [3.8, 4) is 0 Å². The van der Waals surface area contributed by atoms with Gasteiger partial charge >= 0.3 is 0 Å². The Morgan fingerprint density at radius 3 is 2.83 bits per heavy atom. The van der Waals surface area contributed by atoms with Crippen molar-refractivity contribution in [1.82, 2.24) is 10.3 Å². The van der Waals surface area contributed by atoms with Gasteiger partial charge in [-0.2, -0.15) is 0 Å². The summed E-state index contributed by atoms with van der Waals surface area (Å²) in [5, 5.41) is 4.66. The van der Waals surface area contributed by atoms with E-state index in [0.29, 0.717) is 12.0 Å². The van der Waals surface area contributed by atoms with Crippen LogP contribution in [-0.4, -0.2) is 24.1 Å². The van der Waals surface area contributed by atoms with Crippen LogP contribution in [-0.2, 0) is 6.54 Å². The van der Waals surface area contributed by atoms with E-state index < -0.39 is 0 Å². The van der Waals surface area contributed by atoms with E-state index in [4.69, 9.17) is 4.98 Å². The van der Waals surface area contributed by atoms with Crippen molar-refractivity contribution < 1.29 is 0 Å². The SMILES string of the molecule is CCNCc1sc(N2CCCC2C)nc1C(C)C. The molecule has 3 nitrogen and oxygen atoms in total. The van der Waals surface area contributed by atoms with E-state index >= 15 is 0 Å². The van der Waals surface area contributed by atoms with Gasteiger partial charge in [0.25, 0.3) is 0 Å². The molecule has 1 N–H and O–H groups in total. The maximum Gasteiger partial charge on any atom is 0.186 e. The zero-order valence-corrected chi connectivity index (χ0v) is 12.8. The molecule has 2 heterocycles. The van der Waals surface area contributed by atoms with Gasteiger partial charge in [-0.05, 0) is 32.2 Å². The standard InChI is InChI=1S/C14H25N3S/c1-5-15-9-12-13(10(2)3)16-14(18-12)17-8-6-7-11(17)4/h10-11,15H,5-9H2,1-4H3.